The standard InChI is InChI=1S/C20H21N8O13P3S/c21-26-25-12-3-1-11(2-4-12)14(30)9-45-20-24-19-17(18-22-5-6-27(18)20)23-10-28(19)16-7-13(29)15(39-16)8-38-43(34,35)41-44(36,37)40-42(31,32)33/h1-6,10,13,15-16,29H,7-9H2,(H,34,35)(H,36,37)(H2,31,32,33)/t13-,15+,16+/m0/s1. The van der Waals surface area contributed by atoms with E-state index in [9.17, 15) is 33.4 Å². The summed E-state index contributed by atoms with van der Waals surface area (Å²) < 4.78 is 55.2. The number of rotatable bonds is 13. The Kier molecular flexibility index (Phi) is 9.63. The molecular weight excluding hydrogens is 685 g/mol. The van der Waals surface area contributed by atoms with Crippen LogP contribution in [-0.4, -0.2) is 79.0 Å². The Hall–Kier alpha value is -3.03. The van der Waals surface area contributed by atoms with Gasteiger partial charge in [-0.15, -0.1) is 0 Å². The highest BCUT2D eigenvalue weighted by molar-refractivity contribution is 7.99. The van der Waals surface area contributed by atoms with Crippen LogP contribution >= 0.6 is 35.2 Å². The summed E-state index contributed by atoms with van der Waals surface area (Å²) in [5.74, 6) is -0.237. The number of benzene rings is 1. The second-order valence-electron chi connectivity index (χ2n) is 9.11. The first-order chi connectivity index (χ1) is 21.1. The number of aromatic nitrogens is 5. The molecule has 0 spiro atoms. The molecule has 1 fully saturated rings. The summed E-state index contributed by atoms with van der Waals surface area (Å²) in [6.07, 6.45) is 0.958. The van der Waals surface area contributed by atoms with Crippen molar-refractivity contribution in [3.63, 3.8) is 0 Å². The maximum Gasteiger partial charge on any atom is 0.490 e. The van der Waals surface area contributed by atoms with Gasteiger partial charge in [0.05, 0.1) is 24.8 Å². The number of carbonyl (C=O) groups excluding carboxylic acids is 1. The van der Waals surface area contributed by atoms with Crippen molar-refractivity contribution in [1.82, 2.24) is 23.9 Å². The van der Waals surface area contributed by atoms with Crippen LogP contribution in [0.2, 0.25) is 0 Å². The van der Waals surface area contributed by atoms with E-state index in [1.165, 1.54) is 41.4 Å². The third-order valence-electron chi connectivity index (χ3n) is 6.04. The Labute approximate surface area is 254 Å². The number of Topliss-reactive ketones (excluding diaryl/α,β-unsaturated/α-hetero) is 1. The average Bonchev–Trinajstić information content (AvgIpc) is 3.67. The molecular formula is C20H21N8O13P3S. The molecule has 4 aromatic rings. The van der Waals surface area contributed by atoms with Crippen molar-refractivity contribution in [2.24, 2.45) is 5.11 Å². The van der Waals surface area contributed by atoms with Crippen molar-refractivity contribution in [2.75, 3.05) is 12.4 Å². The molecule has 0 aliphatic carbocycles. The molecule has 5 rings (SSSR count). The van der Waals surface area contributed by atoms with Gasteiger partial charge in [0.15, 0.2) is 27.8 Å². The van der Waals surface area contributed by atoms with Crippen LogP contribution in [0.4, 0.5) is 5.69 Å². The van der Waals surface area contributed by atoms with Gasteiger partial charge in [0, 0.05) is 35.0 Å². The Bertz CT molecular complexity index is 1940. The van der Waals surface area contributed by atoms with Gasteiger partial charge in [0.1, 0.15) is 12.3 Å². The van der Waals surface area contributed by atoms with Crippen LogP contribution in [-0.2, 0) is 31.6 Å². The number of ketones is 1. The summed E-state index contributed by atoms with van der Waals surface area (Å²) in [4.78, 5) is 65.1. The molecule has 0 amide bonds. The van der Waals surface area contributed by atoms with Gasteiger partial charge < -0.3 is 29.4 Å². The number of azide groups is 1. The highest BCUT2D eigenvalue weighted by atomic mass is 32.2. The van der Waals surface area contributed by atoms with Crippen LogP contribution in [0.1, 0.15) is 23.0 Å². The first-order valence-electron chi connectivity index (χ1n) is 12.3. The Morgan fingerprint density at radius 3 is 2.53 bits per heavy atom. The largest absolute Gasteiger partial charge is 0.490 e. The van der Waals surface area contributed by atoms with E-state index in [-0.39, 0.29) is 23.6 Å². The van der Waals surface area contributed by atoms with E-state index in [1.54, 1.807) is 10.6 Å². The van der Waals surface area contributed by atoms with Gasteiger partial charge in [-0.05, 0) is 5.53 Å². The van der Waals surface area contributed by atoms with Crippen LogP contribution < -0.4 is 0 Å². The number of aliphatic hydroxyl groups excluding tert-OH is 1. The zero-order valence-corrected chi connectivity index (χ0v) is 25.7. The van der Waals surface area contributed by atoms with Gasteiger partial charge in [0.25, 0.3) is 0 Å². The fourth-order valence-corrected chi connectivity index (χ4v) is 8.09. The molecule has 3 aromatic heterocycles. The molecule has 21 nitrogen and oxygen atoms in total. The van der Waals surface area contributed by atoms with Crippen LogP contribution in [0.25, 0.3) is 27.3 Å². The zero-order chi connectivity index (χ0) is 32.6. The number of carbonyl (C=O) groups is 1. The minimum Gasteiger partial charge on any atom is -0.390 e. The van der Waals surface area contributed by atoms with Crippen LogP contribution in [0.15, 0.2) is 53.3 Å². The van der Waals surface area contributed by atoms with Gasteiger partial charge >= 0.3 is 23.5 Å². The van der Waals surface area contributed by atoms with Crippen molar-refractivity contribution in [1.29, 1.82) is 0 Å². The van der Waals surface area contributed by atoms with E-state index in [0.717, 1.165) is 11.8 Å². The lowest BCUT2D eigenvalue weighted by atomic mass is 10.1. The molecule has 5 atom stereocenters. The Morgan fingerprint density at radius 1 is 1.11 bits per heavy atom. The molecule has 4 heterocycles. The fraction of sp³-hybridized carbons (Fsp3) is 0.300. The molecule has 1 aliphatic heterocycles. The third-order valence-corrected chi connectivity index (χ3v) is 10.8. The molecule has 240 valence electrons. The number of hydrogen-bond acceptors (Lipinski definition) is 14. The van der Waals surface area contributed by atoms with Crippen molar-refractivity contribution in [3.8, 4) is 0 Å². The zero-order valence-electron chi connectivity index (χ0n) is 22.2. The maximum absolute atomic E-state index is 12.8. The van der Waals surface area contributed by atoms with E-state index in [2.05, 4.69) is 38.1 Å². The predicted molar refractivity (Wildman–Crippen MR) is 151 cm³/mol. The van der Waals surface area contributed by atoms with Crippen molar-refractivity contribution in [2.45, 2.75) is 30.0 Å². The van der Waals surface area contributed by atoms with Crippen molar-refractivity contribution in [3.05, 3.63) is 59.0 Å². The van der Waals surface area contributed by atoms with E-state index in [1.807, 2.05) is 0 Å². The number of phosphoric ester groups is 1. The van der Waals surface area contributed by atoms with Gasteiger partial charge in [-0.2, -0.15) is 8.62 Å². The molecule has 0 saturated carbocycles. The van der Waals surface area contributed by atoms with Crippen LogP contribution in [0.3, 0.4) is 0 Å². The van der Waals surface area contributed by atoms with Crippen LogP contribution in [0.5, 0.6) is 0 Å². The fourth-order valence-electron chi connectivity index (χ4n) is 4.20. The molecule has 0 bridgehead atoms. The van der Waals surface area contributed by atoms with E-state index in [4.69, 9.17) is 20.1 Å². The molecule has 0 radical (unpaired) electrons. The molecule has 25 heteroatoms. The summed E-state index contributed by atoms with van der Waals surface area (Å²) >= 11 is 1.11. The van der Waals surface area contributed by atoms with Gasteiger partial charge in [0.2, 0.25) is 0 Å². The summed E-state index contributed by atoms with van der Waals surface area (Å²) in [6, 6.07) is 6.10. The lowest BCUT2D eigenvalue weighted by Crippen LogP contribution is -2.26. The summed E-state index contributed by atoms with van der Waals surface area (Å²) in [5, 5.41) is 14.4. The van der Waals surface area contributed by atoms with Gasteiger partial charge in [-0.3, -0.25) is 18.3 Å². The molecule has 45 heavy (non-hydrogen) atoms. The average molecular weight is 706 g/mol. The number of aliphatic hydroxyl groups is 1. The van der Waals surface area contributed by atoms with Crippen LogP contribution in [0, 0.1) is 0 Å². The van der Waals surface area contributed by atoms with E-state index in [0.29, 0.717) is 27.6 Å². The lowest BCUT2D eigenvalue weighted by molar-refractivity contribution is -0.0423. The number of fused-ring (bicyclic) bond motifs is 3. The Morgan fingerprint density at radius 2 is 1.84 bits per heavy atom. The van der Waals surface area contributed by atoms with Gasteiger partial charge in [-0.25, -0.2) is 28.6 Å². The SMILES string of the molecule is [N-]=[N+]=Nc1ccc(C(=O)CSc2nc3c(ncn3[C@H]3C[C@H](O)[C@@H](COP(=O)(O)OP(=O)(O)OP(=O)(O)O)O3)c3nccn23)cc1. The van der Waals surface area contributed by atoms with E-state index < -0.39 is 48.5 Å². The lowest BCUT2D eigenvalue weighted by Gasteiger charge is -2.19. The first-order valence-corrected chi connectivity index (χ1v) is 17.8. The number of ether oxygens (including phenoxy) is 1. The summed E-state index contributed by atoms with van der Waals surface area (Å²) in [6.45, 7) is -0.848. The highest BCUT2D eigenvalue weighted by Crippen LogP contribution is 2.66. The quantitative estimate of drug-likeness (QED) is 0.0254. The minimum absolute atomic E-state index is 0.0118. The van der Waals surface area contributed by atoms with Crippen molar-refractivity contribution < 1.29 is 61.1 Å². The first kappa shape index (κ1) is 33.3. The highest BCUT2D eigenvalue weighted by Gasteiger charge is 2.43. The normalized spacial score (nSPS) is 21.4. The third kappa shape index (κ3) is 8.04. The summed E-state index contributed by atoms with van der Waals surface area (Å²) in [5.41, 5.74) is 10.3. The summed E-state index contributed by atoms with van der Waals surface area (Å²) in [7, 11) is -16.7. The second kappa shape index (κ2) is 13.0. The minimum atomic E-state index is -5.72. The molecule has 1 saturated heterocycles. The van der Waals surface area contributed by atoms with Crippen molar-refractivity contribution >= 4 is 63.5 Å². The molecule has 5 N–H and O–H groups in total. The number of thioether (sulfide) groups is 1. The monoisotopic (exact) mass is 706 g/mol. The van der Waals surface area contributed by atoms with E-state index >= 15 is 0 Å². The topological polar surface area (TPSA) is 303 Å². The smallest absolute Gasteiger partial charge is 0.390 e. The number of imidazole rings is 2. The second-order valence-corrected chi connectivity index (χ2v) is 14.5. The molecule has 1 aromatic carbocycles. The molecule has 2 unspecified atom stereocenters. The maximum atomic E-state index is 12.8. The Balaban J connectivity index is 1.30. The number of nitrogens with zero attached hydrogens (tertiary/aromatic N) is 8. The number of hydrogen-bond donors (Lipinski definition) is 5. The molecule has 1 aliphatic rings. The van der Waals surface area contributed by atoms with Gasteiger partial charge in [-0.1, -0.05) is 41.1 Å². The predicted octanol–water partition coefficient (Wildman–Crippen LogP) is 2.99. The number of phosphoric acid groups is 3.